The van der Waals surface area contributed by atoms with Crippen LogP contribution in [0.15, 0.2) is 0 Å². The van der Waals surface area contributed by atoms with Crippen molar-refractivity contribution in [1.29, 1.82) is 0 Å². The highest BCUT2D eigenvalue weighted by Crippen LogP contribution is 2.18. The van der Waals surface area contributed by atoms with Crippen LogP contribution in [0.25, 0.3) is 0 Å². The van der Waals surface area contributed by atoms with Crippen molar-refractivity contribution in [3.63, 3.8) is 0 Å². The molecule has 0 amide bonds. The molecule has 6 heteroatoms. The van der Waals surface area contributed by atoms with E-state index in [9.17, 15) is 8.42 Å². The second-order valence-corrected chi connectivity index (χ2v) is 7.93. The normalized spacial score (nSPS) is 16.5. The number of hydrogen-bond donors (Lipinski definition) is 1. The minimum Gasteiger partial charge on any atom is -0.314 e. The molecule has 5 nitrogen and oxygen atoms in total. The summed E-state index contributed by atoms with van der Waals surface area (Å²) >= 11 is 0. The van der Waals surface area contributed by atoms with Crippen LogP contribution in [0.5, 0.6) is 0 Å². The van der Waals surface area contributed by atoms with Crippen LogP contribution in [-0.4, -0.2) is 70.2 Å². The van der Waals surface area contributed by atoms with Crippen LogP contribution in [0.4, 0.5) is 0 Å². The first-order chi connectivity index (χ1) is 8.92. The molecule has 0 bridgehead atoms. The van der Waals surface area contributed by atoms with E-state index in [1.807, 2.05) is 14.1 Å². The Morgan fingerprint density at radius 1 is 1.05 bits per heavy atom. The molecular formula is C13H29N3O2S. The van der Waals surface area contributed by atoms with Gasteiger partial charge in [0, 0.05) is 19.6 Å². The van der Waals surface area contributed by atoms with E-state index in [1.54, 1.807) is 7.05 Å². The van der Waals surface area contributed by atoms with Gasteiger partial charge in [-0.05, 0) is 59.3 Å². The quantitative estimate of drug-likeness (QED) is 0.570. The van der Waals surface area contributed by atoms with Crippen molar-refractivity contribution >= 4 is 10.0 Å². The standard InChI is InChI=1S/C13H29N3O2S/c1-15(2)10-6-11-16(3)19(17,18)12-5-4-9-14-13-7-8-13/h13-14H,4-12H2,1-3H3. The van der Waals surface area contributed by atoms with Gasteiger partial charge in [0.2, 0.25) is 10.0 Å². The van der Waals surface area contributed by atoms with E-state index in [2.05, 4.69) is 10.2 Å². The van der Waals surface area contributed by atoms with Gasteiger partial charge >= 0.3 is 0 Å². The number of rotatable bonds is 11. The van der Waals surface area contributed by atoms with Crippen LogP contribution in [0.3, 0.4) is 0 Å². The predicted octanol–water partition coefficient (Wildman–Crippen LogP) is 0.732. The smallest absolute Gasteiger partial charge is 0.213 e. The molecular weight excluding hydrogens is 262 g/mol. The largest absolute Gasteiger partial charge is 0.314 e. The summed E-state index contributed by atoms with van der Waals surface area (Å²) in [5.41, 5.74) is 0. The third kappa shape index (κ3) is 7.87. The zero-order valence-electron chi connectivity index (χ0n) is 12.6. The molecule has 0 aromatic heterocycles. The molecule has 114 valence electrons. The summed E-state index contributed by atoms with van der Waals surface area (Å²) in [5.74, 6) is 0.276. The van der Waals surface area contributed by atoms with Crippen molar-refractivity contribution in [2.45, 2.75) is 38.1 Å². The molecule has 0 heterocycles. The first-order valence-electron chi connectivity index (χ1n) is 7.24. The van der Waals surface area contributed by atoms with Crippen LogP contribution in [0, 0.1) is 0 Å². The second-order valence-electron chi connectivity index (χ2n) is 5.73. The number of unbranched alkanes of at least 4 members (excludes halogenated alkanes) is 1. The lowest BCUT2D eigenvalue weighted by Gasteiger charge is -2.18. The summed E-state index contributed by atoms with van der Waals surface area (Å²) in [5, 5.41) is 3.40. The second kappa shape index (κ2) is 8.19. The maximum Gasteiger partial charge on any atom is 0.213 e. The van der Waals surface area contributed by atoms with Gasteiger partial charge in [0.1, 0.15) is 0 Å². The molecule has 19 heavy (non-hydrogen) atoms. The Morgan fingerprint density at radius 3 is 2.32 bits per heavy atom. The van der Waals surface area contributed by atoms with Crippen LogP contribution < -0.4 is 5.32 Å². The van der Waals surface area contributed by atoms with Gasteiger partial charge in [0.25, 0.3) is 0 Å². The summed E-state index contributed by atoms with van der Waals surface area (Å²) in [7, 11) is 2.63. The van der Waals surface area contributed by atoms with E-state index >= 15 is 0 Å². The summed E-state index contributed by atoms with van der Waals surface area (Å²) in [6, 6.07) is 0.713. The molecule has 1 N–H and O–H groups in total. The van der Waals surface area contributed by atoms with Crippen LogP contribution in [-0.2, 0) is 10.0 Å². The Balaban J connectivity index is 2.09. The summed E-state index contributed by atoms with van der Waals surface area (Å²) in [6.45, 7) is 2.48. The molecule has 1 aliphatic rings. The highest BCUT2D eigenvalue weighted by atomic mass is 32.2. The van der Waals surface area contributed by atoms with Gasteiger partial charge in [-0.2, -0.15) is 0 Å². The Hall–Kier alpha value is -0.170. The Bertz CT molecular complexity index is 340. The summed E-state index contributed by atoms with van der Waals surface area (Å²) in [6.07, 6.45) is 5.15. The average molecular weight is 291 g/mol. The number of nitrogens with one attached hydrogen (secondary N) is 1. The molecule has 0 radical (unpaired) electrons. The molecule has 1 rings (SSSR count). The van der Waals surface area contributed by atoms with E-state index in [-0.39, 0.29) is 5.75 Å². The van der Waals surface area contributed by atoms with Crippen molar-refractivity contribution in [1.82, 2.24) is 14.5 Å². The third-order valence-electron chi connectivity index (χ3n) is 3.39. The minimum absolute atomic E-state index is 0.276. The highest BCUT2D eigenvalue weighted by molar-refractivity contribution is 7.89. The fourth-order valence-corrected chi connectivity index (χ4v) is 3.20. The fraction of sp³-hybridized carbons (Fsp3) is 1.00. The first-order valence-corrected chi connectivity index (χ1v) is 8.85. The van der Waals surface area contributed by atoms with E-state index in [0.29, 0.717) is 12.6 Å². The van der Waals surface area contributed by atoms with E-state index in [4.69, 9.17) is 0 Å². The van der Waals surface area contributed by atoms with Gasteiger partial charge in [-0.1, -0.05) is 0 Å². The minimum atomic E-state index is -3.06. The van der Waals surface area contributed by atoms with Gasteiger partial charge in [0.05, 0.1) is 5.75 Å². The Labute approximate surface area is 118 Å². The topological polar surface area (TPSA) is 52.7 Å². The van der Waals surface area contributed by atoms with E-state index in [0.717, 1.165) is 32.4 Å². The first kappa shape index (κ1) is 16.9. The Kier molecular flexibility index (Phi) is 7.28. The van der Waals surface area contributed by atoms with E-state index < -0.39 is 10.0 Å². The lowest BCUT2D eigenvalue weighted by molar-refractivity contribution is 0.370. The molecule has 0 atom stereocenters. The molecule has 0 aliphatic heterocycles. The zero-order valence-corrected chi connectivity index (χ0v) is 13.4. The van der Waals surface area contributed by atoms with Crippen molar-refractivity contribution in [3.05, 3.63) is 0 Å². The predicted molar refractivity (Wildman–Crippen MR) is 79.8 cm³/mol. The third-order valence-corrected chi connectivity index (χ3v) is 5.33. The van der Waals surface area contributed by atoms with Crippen molar-refractivity contribution in [2.75, 3.05) is 46.5 Å². The van der Waals surface area contributed by atoms with Crippen molar-refractivity contribution in [3.8, 4) is 0 Å². The molecule has 0 aromatic rings. The van der Waals surface area contributed by atoms with Gasteiger partial charge in [0.15, 0.2) is 0 Å². The van der Waals surface area contributed by atoms with E-state index in [1.165, 1.54) is 17.1 Å². The summed E-state index contributed by atoms with van der Waals surface area (Å²) in [4.78, 5) is 2.07. The Morgan fingerprint density at radius 2 is 1.74 bits per heavy atom. The van der Waals surface area contributed by atoms with Crippen LogP contribution in [0.1, 0.15) is 32.1 Å². The number of hydrogen-bond acceptors (Lipinski definition) is 4. The fourth-order valence-electron chi connectivity index (χ4n) is 1.91. The summed E-state index contributed by atoms with van der Waals surface area (Å²) < 4.78 is 25.5. The zero-order chi connectivity index (χ0) is 14.3. The molecule has 0 aromatic carbocycles. The van der Waals surface area contributed by atoms with Gasteiger partial charge in [-0.15, -0.1) is 0 Å². The maximum atomic E-state index is 12.0. The lowest BCUT2D eigenvalue weighted by Crippen LogP contribution is -2.32. The molecule has 1 saturated carbocycles. The number of nitrogens with zero attached hydrogens (tertiary/aromatic N) is 2. The van der Waals surface area contributed by atoms with Crippen molar-refractivity contribution < 1.29 is 8.42 Å². The molecule has 0 unspecified atom stereocenters. The molecule has 1 fully saturated rings. The highest BCUT2D eigenvalue weighted by Gasteiger charge is 2.20. The van der Waals surface area contributed by atoms with Gasteiger partial charge in [-0.25, -0.2) is 12.7 Å². The van der Waals surface area contributed by atoms with Crippen LogP contribution >= 0.6 is 0 Å². The molecule has 1 aliphatic carbocycles. The average Bonchev–Trinajstić information content (AvgIpc) is 3.11. The van der Waals surface area contributed by atoms with Crippen molar-refractivity contribution in [2.24, 2.45) is 0 Å². The van der Waals surface area contributed by atoms with Gasteiger partial charge in [-0.3, -0.25) is 0 Å². The lowest BCUT2D eigenvalue weighted by atomic mass is 10.3. The van der Waals surface area contributed by atoms with Crippen LogP contribution in [0.2, 0.25) is 0 Å². The monoisotopic (exact) mass is 291 g/mol. The molecule has 0 saturated heterocycles. The maximum absolute atomic E-state index is 12.0. The van der Waals surface area contributed by atoms with Gasteiger partial charge < -0.3 is 10.2 Å². The molecule has 0 spiro atoms. The SMILES string of the molecule is CN(C)CCCN(C)S(=O)(=O)CCCCNC1CC1. The number of sulfonamides is 1.